The van der Waals surface area contributed by atoms with Crippen LogP contribution in [0.3, 0.4) is 0 Å². The van der Waals surface area contributed by atoms with Crippen molar-refractivity contribution in [3.8, 4) is 0 Å². The van der Waals surface area contributed by atoms with Crippen LogP contribution in [0.1, 0.15) is 0 Å². The van der Waals surface area contributed by atoms with Crippen LogP contribution in [0, 0.1) is 0 Å². The topological polar surface area (TPSA) is 18.8 Å². The first-order valence-electron chi connectivity index (χ1n) is 5.34. The van der Waals surface area contributed by atoms with Gasteiger partial charge < -0.3 is 9.80 Å². The lowest BCUT2D eigenvalue weighted by molar-refractivity contribution is 1.12. The summed E-state index contributed by atoms with van der Waals surface area (Å²) in [7, 11) is 8.19. The molecule has 0 atom stereocenters. The predicted octanol–water partition coefficient (Wildman–Crippen LogP) is 1.93. The van der Waals surface area contributed by atoms with Crippen molar-refractivity contribution < 1.29 is 0 Å². The van der Waals surface area contributed by atoms with Crippen molar-refractivity contribution in [2.45, 2.75) is 0 Å². The quantitative estimate of drug-likeness (QED) is 0.779. The van der Waals surface area contributed by atoms with Crippen LogP contribution in [0.4, 0.5) is 17.1 Å². The highest BCUT2D eigenvalue weighted by Crippen LogP contribution is 2.30. The van der Waals surface area contributed by atoms with Crippen molar-refractivity contribution in [2.75, 3.05) is 38.0 Å². The Bertz CT molecular complexity index is 465. The van der Waals surface area contributed by atoms with Gasteiger partial charge in [-0.2, -0.15) is 0 Å². The maximum atomic E-state index is 4.64. The summed E-state index contributed by atoms with van der Waals surface area (Å²) < 4.78 is 0. The van der Waals surface area contributed by atoms with E-state index in [1.165, 1.54) is 11.4 Å². The van der Waals surface area contributed by atoms with Crippen molar-refractivity contribution in [3.63, 3.8) is 0 Å². The molecular formula is C13H17N3. The fourth-order valence-corrected chi connectivity index (χ4v) is 1.74. The van der Waals surface area contributed by atoms with Crippen molar-refractivity contribution in [1.29, 1.82) is 0 Å². The molecule has 3 nitrogen and oxygen atoms in total. The number of anilines is 2. The first-order valence-corrected chi connectivity index (χ1v) is 5.34. The highest BCUT2D eigenvalue weighted by atomic mass is 15.2. The van der Waals surface area contributed by atoms with Gasteiger partial charge in [-0.05, 0) is 12.1 Å². The number of benzene rings is 1. The van der Waals surface area contributed by atoms with Gasteiger partial charge in [0, 0.05) is 28.2 Å². The molecule has 0 saturated heterocycles. The van der Waals surface area contributed by atoms with Gasteiger partial charge in [0.05, 0.1) is 17.1 Å². The third-order valence-corrected chi connectivity index (χ3v) is 2.50. The molecule has 16 heavy (non-hydrogen) atoms. The predicted molar refractivity (Wildman–Crippen MR) is 69.1 cm³/mol. The van der Waals surface area contributed by atoms with Gasteiger partial charge in [-0.1, -0.05) is 18.2 Å². The Morgan fingerprint density at radius 3 is 1.75 bits per heavy atom. The fourth-order valence-electron chi connectivity index (χ4n) is 1.74. The Balaban J connectivity index is 2.38. The average molecular weight is 215 g/mol. The van der Waals surface area contributed by atoms with E-state index < -0.39 is 0 Å². The molecule has 0 N–H and O–H groups in total. The Kier molecular flexibility index (Phi) is 2.69. The van der Waals surface area contributed by atoms with Crippen LogP contribution >= 0.6 is 0 Å². The van der Waals surface area contributed by atoms with Gasteiger partial charge >= 0.3 is 0 Å². The minimum absolute atomic E-state index is 1.01. The minimum Gasteiger partial charge on any atom is -0.374 e. The highest BCUT2D eigenvalue weighted by molar-refractivity contribution is 5.84. The molecule has 0 amide bonds. The van der Waals surface area contributed by atoms with Gasteiger partial charge in [-0.3, -0.25) is 0 Å². The van der Waals surface area contributed by atoms with E-state index in [0.717, 1.165) is 11.0 Å². The Morgan fingerprint density at radius 2 is 1.31 bits per heavy atom. The molecule has 0 aromatic heterocycles. The largest absolute Gasteiger partial charge is 0.374 e. The molecular weight excluding hydrogens is 198 g/mol. The third-order valence-electron chi connectivity index (χ3n) is 2.50. The van der Waals surface area contributed by atoms with Gasteiger partial charge in [0.2, 0.25) is 0 Å². The summed E-state index contributed by atoms with van der Waals surface area (Å²) >= 11 is 0. The maximum Gasteiger partial charge on any atom is 0.115 e. The lowest BCUT2D eigenvalue weighted by Crippen LogP contribution is -2.08. The zero-order valence-corrected chi connectivity index (χ0v) is 10.2. The van der Waals surface area contributed by atoms with Crippen LogP contribution in [0.25, 0.3) is 0 Å². The van der Waals surface area contributed by atoms with Crippen molar-refractivity contribution in [3.05, 3.63) is 35.7 Å². The van der Waals surface area contributed by atoms with E-state index in [0.29, 0.717) is 0 Å². The normalized spacial score (nSPS) is 10.5. The summed E-state index contributed by atoms with van der Waals surface area (Å²) in [5.74, 6) is 0. The first kappa shape index (κ1) is 10.7. The molecule has 0 aliphatic rings. The number of para-hydroxylation sites is 1. The van der Waals surface area contributed by atoms with Crippen molar-refractivity contribution in [2.24, 2.45) is 4.99 Å². The van der Waals surface area contributed by atoms with Crippen LogP contribution in [0.15, 0.2) is 35.3 Å². The monoisotopic (exact) mass is 215 g/mol. The molecule has 0 spiro atoms. The highest BCUT2D eigenvalue weighted by Gasteiger charge is 2.23. The van der Waals surface area contributed by atoms with Gasteiger partial charge in [0.15, 0.2) is 0 Å². The van der Waals surface area contributed by atoms with Crippen LogP contribution in [-0.4, -0.2) is 28.2 Å². The second-order valence-corrected chi connectivity index (χ2v) is 4.28. The molecule has 0 heterocycles. The summed E-state index contributed by atoms with van der Waals surface area (Å²) in [5, 5.41) is 1.10. The molecule has 3 heteroatoms. The van der Waals surface area contributed by atoms with Crippen LogP contribution in [0.5, 0.6) is 0 Å². The van der Waals surface area contributed by atoms with Crippen LogP contribution in [-0.2, 0) is 0 Å². The fraction of sp³-hybridized carbons (Fsp3) is 0.308. The molecule has 2 aromatic rings. The summed E-state index contributed by atoms with van der Waals surface area (Å²) in [5.41, 5.74) is 3.47. The molecule has 2 rings (SSSR count). The van der Waals surface area contributed by atoms with E-state index in [9.17, 15) is 0 Å². The van der Waals surface area contributed by atoms with E-state index in [1.807, 2.05) is 58.5 Å². The van der Waals surface area contributed by atoms with Crippen molar-refractivity contribution in [1.82, 2.24) is 0 Å². The Morgan fingerprint density at radius 1 is 0.812 bits per heavy atom. The molecule has 0 aliphatic heterocycles. The third kappa shape index (κ3) is 1.94. The lowest BCUT2D eigenvalue weighted by Gasteiger charge is -2.07. The van der Waals surface area contributed by atoms with E-state index in [4.69, 9.17) is 0 Å². The maximum absolute atomic E-state index is 4.64. The smallest absolute Gasteiger partial charge is 0.115 e. The average Bonchev–Trinajstić information content (AvgIpc) is 2.94. The molecule has 0 radical (unpaired) electrons. The zero-order chi connectivity index (χ0) is 11.7. The Hall–Kier alpha value is -1.77. The summed E-state index contributed by atoms with van der Waals surface area (Å²) in [6, 6.07) is 10.1. The number of hydrogen-bond acceptors (Lipinski definition) is 3. The van der Waals surface area contributed by atoms with Gasteiger partial charge in [0.25, 0.3) is 0 Å². The lowest BCUT2D eigenvalue weighted by atomic mass is 10.3. The van der Waals surface area contributed by atoms with E-state index in [2.05, 4.69) is 14.8 Å². The van der Waals surface area contributed by atoms with E-state index in [1.54, 1.807) is 0 Å². The molecule has 0 bridgehead atoms. The zero-order valence-electron chi connectivity index (χ0n) is 10.2. The second kappa shape index (κ2) is 4.00. The molecule has 0 unspecified atom stereocenters. The molecule has 0 aliphatic carbocycles. The summed E-state index contributed by atoms with van der Waals surface area (Å²) in [6.07, 6.45) is 0. The summed E-state index contributed by atoms with van der Waals surface area (Å²) in [6.45, 7) is 0. The minimum atomic E-state index is 1.01. The van der Waals surface area contributed by atoms with Gasteiger partial charge in [-0.25, -0.2) is 4.99 Å². The van der Waals surface area contributed by atoms with Gasteiger partial charge in [0.1, 0.15) is 5.36 Å². The molecule has 0 fully saturated rings. The molecule has 2 aromatic carbocycles. The first-order chi connectivity index (χ1) is 7.61. The molecule has 0 saturated carbocycles. The van der Waals surface area contributed by atoms with Crippen molar-refractivity contribution >= 4 is 17.1 Å². The second-order valence-electron chi connectivity index (χ2n) is 4.28. The van der Waals surface area contributed by atoms with E-state index in [-0.39, 0.29) is 0 Å². The standard InChI is InChI=1S/C13H17N3/c1-15(2)12-11(13(12)16(3)4)14-10-8-6-5-7-9-10/h5-9H,1-4H3. The van der Waals surface area contributed by atoms with E-state index >= 15 is 0 Å². The molecule has 84 valence electrons. The summed E-state index contributed by atoms with van der Waals surface area (Å²) in [4.78, 5) is 8.85. The SMILES string of the molecule is CN(C)c1c(N(C)C)c1=Nc1ccccc1. The van der Waals surface area contributed by atoms with Gasteiger partial charge in [-0.15, -0.1) is 0 Å². The Labute approximate surface area is 96.3 Å². The van der Waals surface area contributed by atoms with Crippen LogP contribution < -0.4 is 15.2 Å². The number of rotatable bonds is 3. The number of nitrogens with zero attached hydrogens (tertiary/aromatic N) is 3. The van der Waals surface area contributed by atoms with Crippen LogP contribution in [0.2, 0.25) is 0 Å². The number of hydrogen-bond donors (Lipinski definition) is 0.